The van der Waals surface area contributed by atoms with E-state index in [9.17, 15) is 13.6 Å². The van der Waals surface area contributed by atoms with Crippen LogP contribution in [-0.4, -0.2) is 29.3 Å². The average Bonchev–Trinajstić information content (AvgIpc) is 2.77. The Balaban J connectivity index is 1.89. The monoisotopic (exact) mass is 464 g/mol. The first-order valence-corrected chi connectivity index (χ1v) is 12.0. The number of nitrogens with zero attached hydrogens (tertiary/aromatic N) is 2. The summed E-state index contributed by atoms with van der Waals surface area (Å²) < 4.78 is 31.3. The molecule has 1 heterocycles. The molecule has 0 aliphatic rings. The SMILES string of the molecule is COC(=O)c1c(SCc2ccc(F)cc2)nc(SC)nc1SCc1ccc(F)cc1. The van der Waals surface area contributed by atoms with Crippen LogP contribution >= 0.6 is 35.3 Å². The van der Waals surface area contributed by atoms with Gasteiger partial charge >= 0.3 is 5.97 Å². The lowest BCUT2D eigenvalue weighted by Gasteiger charge is -2.13. The fourth-order valence-electron chi connectivity index (χ4n) is 2.44. The lowest BCUT2D eigenvalue weighted by atomic mass is 10.2. The molecule has 1 aromatic heterocycles. The number of aromatic nitrogens is 2. The van der Waals surface area contributed by atoms with Crippen molar-refractivity contribution in [3.63, 3.8) is 0 Å². The largest absolute Gasteiger partial charge is 0.465 e. The van der Waals surface area contributed by atoms with Crippen molar-refractivity contribution in [2.45, 2.75) is 26.7 Å². The highest BCUT2D eigenvalue weighted by atomic mass is 32.2. The van der Waals surface area contributed by atoms with Crippen molar-refractivity contribution < 1.29 is 18.3 Å². The Morgan fingerprint density at radius 3 is 1.67 bits per heavy atom. The lowest BCUT2D eigenvalue weighted by molar-refractivity contribution is 0.0589. The van der Waals surface area contributed by atoms with Gasteiger partial charge in [-0.25, -0.2) is 23.5 Å². The molecule has 0 N–H and O–H groups in total. The van der Waals surface area contributed by atoms with Crippen molar-refractivity contribution in [3.05, 3.63) is 76.9 Å². The number of halogens is 2. The maximum absolute atomic E-state index is 13.1. The molecule has 156 valence electrons. The second-order valence-corrected chi connectivity index (χ2v) is 8.72. The standard InChI is InChI=1S/C21H18F2N2O2S3/c1-27-20(26)17-18(29-11-13-3-7-15(22)8-4-13)24-21(28-2)25-19(17)30-12-14-5-9-16(23)10-6-14/h3-10H,11-12H2,1-2H3. The Morgan fingerprint density at radius 1 is 0.867 bits per heavy atom. The van der Waals surface area contributed by atoms with Gasteiger partial charge in [-0.15, -0.1) is 23.5 Å². The van der Waals surface area contributed by atoms with Gasteiger partial charge in [0.05, 0.1) is 7.11 Å². The predicted molar refractivity (Wildman–Crippen MR) is 117 cm³/mol. The minimum atomic E-state index is -0.522. The minimum absolute atomic E-state index is 0.300. The smallest absolute Gasteiger partial charge is 0.343 e. The Morgan fingerprint density at radius 2 is 1.30 bits per heavy atom. The molecule has 0 aliphatic carbocycles. The second-order valence-electron chi connectivity index (χ2n) is 6.02. The number of benzene rings is 2. The molecule has 0 amide bonds. The van der Waals surface area contributed by atoms with Crippen molar-refractivity contribution in [3.8, 4) is 0 Å². The van der Waals surface area contributed by atoms with Gasteiger partial charge in [-0.3, -0.25) is 0 Å². The third kappa shape index (κ3) is 5.96. The summed E-state index contributed by atoms with van der Waals surface area (Å²) in [6.45, 7) is 0. The number of methoxy groups -OCH3 is 1. The van der Waals surface area contributed by atoms with Crippen LogP contribution in [0.15, 0.2) is 63.7 Å². The molecule has 0 bridgehead atoms. The van der Waals surface area contributed by atoms with E-state index in [2.05, 4.69) is 9.97 Å². The zero-order valence-corrected chi connectivity index (χ0v) is 18.7. The third-order valence-corrected chi connectivity index (χ3v) is 6.61. The van der Waals surface area contributed by atoms with Gasteiger partial charge in [0, 0.05) is 11.5 Å². The molecule has 2 aromatic carbocycles. The number of hydrogen-bond acceptors (Lipinski definition) is 7. The molecule has 0 unspecified atom stereocenters. The van der Waals surface area contributed by atoms with Crippen LogP contribution in [0.25, 0.3) is 0 Å². The number of esters is 1. The van der Waals surface area contributed by atoms with E-state index in [0.29, 0.717) is 32.3 Å². The zero-order chi connectivity index (χ0) is 21.5. The summed E-state index contributed by atoms with van der Waals surface area (Å²) in [7, 11) is 1.31. The van der Waals surface area contributed by atoms with Crippen molar-refractivity contribution in [1.29, 1.82) is 0 Å². The van der Waals surface area contributed by atoms with Crippen molar-refractivity contribution in [2.75, 3.05) is 13.4 Å². The summed E-state index contributed by atoms with van der Waals surface area (Å²) in [6.07, 6.45) is 1.86. The van der Waals surface area contributed by atoms with E-state index in [1.54, 1.807) is 24.3 Å². The second kappa shape index (κ2) is 10.8. The molecule has 3 rings (SSSR count). The average molecular weight is 465 g/mol. The molecule has 0 saturated carbocycles. The van der Waals surface area contributed by atoms with E-state index >= 15 is 0 Å². The maximum atomic E-state index is 13.1. The van der Waals surface area contributed by atoms with Gasteiger partial charge in [0.1, 0.15) is 27.2 Å². The number of thioether (sulfide) groups is 3. The summed E-state index contributed by atoms with van der Waals surface area (Å²) in [5, 5.41) is 1.55. The van der Waals surface area contributed by atoms with E-state index in [0.717, 1.165) is 11.1 Å². The molecule has 0 fully saturated rings. The highest BCUT2D eigenvalue weighted by Crippen LogP contribution is 2.34. The summed E-state index contributed by atoms with van der Waals surface area (Å²) in [5.74, 6) is -0.102. The van der Waals surface area contributed by atoms with Crippen molar-refractivity contribution >= 4 is 41.3 Å². The van der Waals surface area contributed by atoms with E-state index in [-0.39, 0.29) is 11.6 Å². The van der Waals surface area contributed by atoms with Gasteiger partial charge in [-0.05, 0) is 41.6 Å². The van der Waals surface area contributed by atoms with Crippen LogP contribution in [0.3, 0.4) is 0 Å². The highest BCUT2D eigenvalue weighted by molar-refractivity contribution is 7.99. The number of carbonyl (C=O) groups is 1. The van der Waals surface area contributed by atoms with E-state index in [1.807, 2.05) is 6.26 Å². The van der Waals surface area contributed by atoms with Crippen LogP contribution in [0.4, 0.5) is 8.78 Å². The quantitative estimate of drug-likeness (QED) is 0.179. The van der Waals surface area contributed by atoms with Gasteiger partial charge < -0.3 is 4.74 Å². The van der Waals surface area contributed by atoms with Crippen molar-refractivity contribution in [1.82, 2.24) is 9.97 Å². The number of hydrogen-bond donors (Lipinski definition) is 0. The summed E-state index contributed by atoms with van der Waals surface area (Å²) in [5.41, 5.74) is 2.11. The van der Waals surface area contributed by atoms with E-state index < -0.39 is 5.97 Å². The van der Waals surface area contributed by atoms with Gasteiger partial charge in [0.15, 0.2) is 5.16 Å². The van der Waals surface area contributed by atoms with Crippen LogP contribution in [0.1, 0.15) is 21.5 Å². The first kappa shape index (κ1) is 22.6. The Bertz CT molecular complexity index is 945. The van der Waals surface area contributed by atoms with Gasteiger partial charge in [-0.1, -0.05) is 36.0 Å². The predicted octanol–water partition coefficient (Wildman–Crippen LogP) is 5.85. The Labute approximate surface area is 186 Å². The number of rotatable bonds is 8. The van der Waals surface area contributed by atoms with Crippen LogP contribution in [0, 0.1) is 11.6 Å². The van der Waals surface area contributed by atoms with Crippen LogP contribution in [0.5, 0.6) is 0 Å². The molecule has 30 heavy (non-hydrogen) atoms. The summed E-state index contributed by atoms with van der Waals surface area (Å²) in [6, 6.07) is 12.4. The molecule has 0 atom stereocenters. The topological polar surface area (TPSA) is 52.1 Å². The molecule has 4 nitrogen and oxygen atoms in total. The molecule has 9 heteroatoms. The number of carbonyl (C=O) groups excluding carboxylic acids is 1. The maximum Gasteiger partial charge on any atom is 0.343 e. The Hall–Kier alpha value is -2.10. The van der Waals surface area contributed by atoms with Crippen LogP contribution in [0.2, 0.25) is 0 Å². The van der Waals surface area contributed by atoms with Crippen LogP contribution in [-0.2, 0) is 16.2 Å². The van der Waals surface area contributed by atoms with Gasteiger partial charge in [0.2, 0.25) is 0 Å². The Kier molecular flexibility index (Phi) is 8.12. The first-order chi connectivity index (χ1) is 14.5. The number of ether oxygens (including phenoxy) is 1. The van der Waals surface area contributed by atoms with Gasteiger partial charge in [-0.2, -0.15) is 0 Å². The molecule has 0 spiro atoms. The summed E-state index contributed by atoms with van der Waals surface area (Å²) in [4.78, 5) is 21.5. The highest BCUT2D eigenvalue weighted by Gasteiger charge is 2.23. The fourth-order valence-corrected chi connectivity index (χ4v) is 4.93. The molecule has 0 saturated heterocycles. The molecular formula is C21H18F2N2O2S3. The van der Waals surface area contributed by atoms with E-state index in [4.69, 9.17) is 4.74 Å². The van der Waals surface area contributed by atoms with Crippen molar-refractivity contribution in [2.24, 2.45) is 0 Å². The normalized spacial score (nSPS) is 10.8. The van der Waals surface area contributed by atoms with Crippen LogP contribution < -0.4 is 0 Å². The molecular weight excluding hydrogens is 446 g/mol. The molecule has 0 aliphatic heterocycles. The third-order valence-electron chi connectivity index (χ3n) is 3.97. The molecule has 3 aromatic rings. The fraction of sp³-hybridized carbons (Fsp3) is 0.190. The zero-order valence-electron chi connectivity index (χ0n) is 16.2. The summed E-state index contributed by atoms with van der Waals surface area (Å²) >= 11 is 4.10. The molecule has 0 radical (unpaired) electrons. The van der Waals surface area contributed by atoms with Gasteiger partial charge in [0.25, 0.3) is 0 Å². The minimum Gasteiger partial charge on any atom is -0.465 e. The lowest BCUT2D eigenvalue weighted by Crippen LogP contribution is -2.10. The van der Waals surface area contributed by atoms with E-state index in [1.165, 1.54) is 66.7 Å². The first-order valence-electron chi connectivity index (χ1n) is 8.79.